The molecule has 0 amide bonds. The number of nitrogens with one attached hydrogen (secondary N) is 1. The van der Waals surface area contributed by atoms with Crippen LogP contribution < -0.4 is 0 Å². The maximum atomic E-state index is 11.3. The van der Waals surface area contributed by atoms with E-state index in [1.165, 1.54) is 10.9 Å². The number of H-pyrrole nitrogens is 1. The first-order valence-corrected chi connectivity index (χ1v) is 6.88. The molecular formula is C15H16N2O3. The lowest BCUT2D eigenvalue weighted by Crippen LogP contribution is -2.41. The highest BCUT2D eigenvalue weighted by Gasteiger charge is 2.50. The summed E-state index contributed by atoms with van der Waals surface area (Å²) in [6.45, 7) is 1.01. The molecule has 3 heterocycles. The number of hydrogen-bond donors (Lipinski definition) is 3. The molecule has 5 nitrogen and oxygen atoms in total. The molecule has 1 fully saturated rings. The average Bonchev–Trinajstić information content (AvgIpc) is 2.96. The van der Waals surface area contributed by atoms with Gasteiger partial charge in [0.05, 0.1) is 6.04 Å². The van der Waals surface area contributed by atoms with Crippen LogP contribution in [0.4, 0.5) is 0 Å². The van der Waals surface area contributed by atoms with Crippen molar-refractivity contribution in [3.05, 3.63) is 35.5 Å². The van der Waals surface area contributed by atoms with Crippen molar-refractivity contribution in [2.45, 2.75) is 24.5 Å². The van der Waals surface area contributed by atoms with Crippen molar-refractivity contribution in [2.24, 2.45) is 0 Å². The second-order valence-corrected chi connectivity index (χ2v) is 5.84. The fourth-order valence-electron chi connectivity index (χ4n) is 3.66. The summed E-state index contributed by atoms with van der Waals surface area (Å²) in [6.07, 6.45) is 1.15. The third kappa shape index (κ3) is 1.47. The van der Waals surface area contributed by atoms with Gasteiger partial charge in [-0.15, -0.1) is 0 Å². The quantitative estimate of drug-likeness (QED) is 0.731. The maximum absolute atomic E-state index is 11.3. The highest BCUT2D eigenvalue weighted by molar-refractivity contribution is 5.85. The van der Waals surface area contributed by atoms with Gasteiger partial charge in [-0.2, -0.15) is 0 Å². The van der Waals surface area contributed by atoms with Crippen molar-refractivity contribution >= 4 is 16.9 Å². The highest BCUT2D eigenvalue weighted by Crippen LogP contribution is 2.43. The van der Waals surface area contributed by atoms with Gasteiger partial charge >= 0.3 is 5.97 Å². The molecule has 104 valence electrons. The Morgan fingerprint density at radius 1 is 1.40 bits per heavy atom. The van der Waals surface area contributed by atoms with Crippen molar-refractivity contribution in [3.8, 4) is 0 Å². The third-order valence-electron chi connectivity index (χ3n) is 4.66. The lowest BCUT2D eigenvalue weighted by atomic mass is 9.94. The number of para-hydroxylation sites is 1. The summed E-state index contributed by atoms with van der Waals surface area (Å²) in [5.74, 6) is -1.12. The molecule has 3 N–H and O–H groups in total. The molecule has 2 atom stereocenters. The van der Waals surface area contributed by atoms with Gasteiger partial charge in [0, 0.05) is 36.1 Å². The van der Waals surface area contributed by atoms with Crippen LogP contribution in [0.25, 0.3) is 10.9 Å². The van der Waals surface area contributed by atoms with Gasteiger partial charge in [-0.05, 0) is 18.1 Å². The van der Waals surface area contributed by atoms with E-state index in [2.05, 4.69) is 16.0 Å². The van der Waals surface area contributed by atoms with Crippen molar-refractivity contribution in [1.82, 2.24) is 9.88 Å². The largest absolute Gasteiger partial charge is 0.479 e. The van der Waals surface area contributed by atoms with Crippen molar-refractivity contribution in [2.75, 3.05) is 13.1 Å². The topological polar surface area (TPSA) is 76.6 Å². The molecule has 0 unspecified atom stereocenters. The van der Waals surface area contributed by atoms with E-state index in [0.717, 1.165) is 24.2 Å². The first-order valence-electron chi connectivity index (χ1n) is 6.88. The van der Waals surface area contributed by atoms with E-state index in [0.29, 0.717) is 0 Å². The summed E-state index contributed by atoms with van der Waals surface area (Å²) in [7, 11) is 0. The predicted octanol–water partition coefficient (Wildman–Crippen LogP) is 1.29. The second kappa shape index (κ2) is 3.84. The molecule has 0 radical (unpaired) electrons. The first-order chi connectivity index (χ1) is 9.58. The van der Waals surface area contributed by atoms with Crippen molar-refractivity contribution in [3.63, 3.8) is 0 Å². The molecular weight excluding hydrogens is 256 g/mol. The van der Waals surface area contributed by atoms with Crippen LogP contribution in [-0.2, 0) is 11.2 Å². The number of rotatable bonds is 1. The van der Waals surface area contributed by atoms with Gasteiger partial charge in [0.1, 0.15) is 0 Å². The fourth-order valence-corrected chi connectivity index (χ4v) is 3.66. The average molecular weight is 272 g/mol. The van der Waals surface area contributed by atoms with Gasteiger partial charge in [-0.3, -0.25) is 4.90 Å². The molecule has 0 aliphatic carbocycles. The number of aliphatic hydroxyl groups is 1. The smallest absolute Gasteiger partial charge is 0.337 e. The SMILES string of the molecule is O=C(O)[C@@]1(O)C[C@@H]2c3[nH]c4ccccc4c3CCN2C1. The molecule has 1 aromatic heterocycles. The number of carbonyl (C=O) groups is 1. The van der Waals surface area contributed by atoms with Gasteiger partial charge in [0.25, 0.3) is 0 Å². The Bertz CT molecular complexity index is 708. The van der Waals surface area contributed by atoms with Crippen LogP contribution in [0.5, 0.6) is 0 Å². The number of aromatic amines is 1. The number of carboxylic acids is 1. The lowest BCUT2D eigenvalue weighted by molar-refractivity contribution is -0.157. The summed E-state index contributed by atoms with van der Waals surface area (Å²) in [4.78, 5) is 16.8. The minimum Gasteiger partial charge on any atom is -0.479 e. The standard InChI is InChI=1S/C15H16N2O3/c18-14(19)15(20)7-12-13-10(5-6-17(12)8-15)9-3-1-2-4-11(9)16-13/h1-4,12,16,20H,5-8H2,(H,18,19)/t12-,15-/m1/s1. The van der Waals surface area contributed by atoms with Crippen LogP contribution in [0.1, 0.15) is 23.7 Å². The predicted molar refractivity (Wildman–Crippen MR) is 73.5 cm³/mol. The van der Waals surface area contributed by atoms with Crippen LogP contribution in [0.15, 0.2) is 24.3 Å². The number of benzene rings is 1. The van der Waals surface area contributed by atoms with E-state index < -0.39 is 11.6 Å². The van der Waals surface area contributed by atoms with Crippen LogP contribution in [0.2, 0.25) is 0 Å². The number of carboxylic acid groups (broad SMARTS) is 1. The van der Waals surface area contributed by atoms with E-state index in [1.54, 1.807) is 0 Å². The Hall–Kier alpha value is -1.85. The minimum absolute atomic E-state index is 0.0211. The van der Waals surface area contributed by atoms with E-state index in [-0.39, 0.29) is 19.0 Å². The Kier molecular flexibility index (Phi) is 2.29. The number of hydrogen-bond acceptors (Lipinski definition) is 3. The number of nitrogens with zero attached hydrogens (tertiary/aromatic N) is 1. The van der Waals surface area contributed by atoms with E-state index in [9.17, 15) is 15.0 Å². The zero-order valence-electron chi connectivity index (χ0n) is 11.0. The van der Waals surface area contributed by atoms with Gasteiger partial charge < -0.3 is 15.2 Å². The summed E-state index contributed by atoms with van der Waals surface area (Å²) in [6, 6.07) is 8.12. The Morgan fingerprint density at radius 2 is 2.20 bits per heavy atom. The Balaban J connectivity index is 1.82. The summed E-state index contributed by atoms with van der Waals surface area (Å²) < 4.78 is 0. The highest BCUT2D eigenvalue weighted by atomic mass is 16.4. The molecule has 1 saturated heterocycles. The number of aliphatic carboxylic acids is 1. The van der Waals surface area contributed by atoms with Gasteiger partial charge in [0.2, 0.25) is 0 Å². The molecule has 4 rings (SSSR count). The minimum atomic E-state index is -1.62. The molecule has 2 aromatic rings. The monoisotopic (exact) mass is 272 g/mol. The maximum Gasteiger partial charge on any atom is 0.337 e. The van der Waals surface area contributed by atoms with Gasteiger partial charge in [-0.25, -0.2) is 4.79 Å². The summed E-state index contributed by atoms with van der Waals surface area (Å²) in [5, 5.41) is 20.7. The van der Waals surface area contributed by atoms with Gasteiger partial charge in [-0.1, -0.05) is 18.2 Å². The molecule has 0 spiro atoms. The summed E-state index contributed by atoms with van der Waals surface area (Å²) in [5.41, 5.74) is 1.82. The molecule has 0 saturated carbocycles. The van der Waals surface area contributed by atoms with Crippen LogP contribution >= 0.6 is 0 Å². The normalized spacial score (nSPS) is 29.4. The molecule has 20 heavy (non-hydrogen) atoms. The number of aromatic nitrogens is 1. The molecule has 5 heteroatoms. The zero-order chi connectivity index (χ0) is 13.9. The fraction of sp³-hybridized carbons (Fsp3) is 0.400. The van der Waals surface area contributed by atoms with E-state index in [4.69, 9.17) is 0 Å². The summed E-state index contributed by atoms with van der Waals surface area (Å²) >= 11 is 0. The van der Waals surface area contributed by atoms with Crippen LogP contribution in [0.3, 0.4) is 0 Å². The molecule has 0 bridgehead atoms. The lowest BCUT2D eigenvalue weighted by Gasteiger charge is -2.29. The second-order valence-electron chi connectivity index (χ2n) is 5.84. The Labute approximate surface area is 115 Å². The molecule has 2 aliphatic rings. The first kappa shape index (κ1) is 11.9. The third-order valence-corrected chi connectivity index (χ3v) is 4.66. The van der Waals surface area contributed by atoms with Crippen molar-refractivity contribution < 1.29 is 15.0 Å². The van der Waals surface area contributed by atoms with E-state index in [1.807, 2.05) is 18.2 Å². The van der Waals surface area contributed by atoms with Gasteiger partial charge in [0.15, 0.2) is 5.60 Å². The van der Waals surface area contributed by atoms with Crippen molar-refractivity contribution in [1.29, 1.82) is 0 Å². The number of fused-ring (bicyclic) bond motifs is 5. The van der Waals surface area contributed by atoms with E-state index >= 15 is 0 Å². The molecule has 2 aliphatic heterocycles. The zero-order valence-corrected chi connectivity index (χ0v) is 11.0. The van der Waals surface area contributed by atoms with Crippen LogP contribution in [0, 0.1) is 0 Å². The Morgan fingerprint density at radius 3 is 3.00 bits per heavy atom. The molecule has 1 aromatic carbocycles. The van der Waals surface area contributed by atoms with Crippen LogP contribution in [-0.4, -0.2) is 44.8 Å².